The van der Waals surface area contributed by atoms with E-state index in [1.165, 1.54) is 12.8 Å². The molecule has 0 aromatic carbocycles. The van der Waals surface area contributed by atoms with Gasteiger partial charge in [0.2, 0.25) is 0 Å². The molecule has 5 heteroatoms. The molecule has 1 aromatic heterocycles. The summed E-state index contributed by atoms with van der Waals surface area (Å²) < 4.78 is 1.61. The van der Waals surface area contributed by atoms with Crippen LogP contribution in [0, 0.1) is 12.8 Å². The fourth-order valence-electron chi connectivity index (χ4n) is 2.27. The third-order valence-corrected chi connectivity index (χ3v) is 3.47. The molecule has 1 saturated carbocycles. The van der Waals surface area contributed by atoms with Crippen molar-refractivity contribution in [2.45, 2.75) is 39.2 Å². The van der Waals surface area contributed by atoms with Gasteiger partial charge in [0.1, 0.15) is 11.4 Å². The van der Waals surface area contributed by atoms with Crippen LogP contribution in [0.1, 0.15) is 42.7 Å². The molecule has 0 atom stereocenters. The standard InChI is InChI=1S/C12H19N3O2/c1-7-9(11(16)17)10(15(4)14-7)13-12(2,3)8-5-6-8/h8,13H,5-6H2,1-4H3,(H,16,17). The predicted molar refractivity (Wildman–Crippen MR) is 65.3 cm³/mol. The highest BCUT2D eigenvalue weighted by molar-refractivity contribution is 5.94. The molecule has 0 radical (unpaired) electrons. The quantitative estimate of drug-likeness (QED) is 0.840. The summed E-state index contributed by atoms with van der Waals surface area (Å²) in [7, 11) is 1.77. The first-order valence-electron chi connectivity index (χ1n) is 5.88. The Kier molecular flexibility index (Phi) is 2.64. The fraction of sp³-hybridized carbons (Fsp3) is 0.667. The van der Waals surface area contributed by atoms with Gasteiger partial charge >= 0.3 is 5.97 Å². The normalized spacial score (nSPS) is 16.0. The van der Waals surface area contributed by atoms with Gasteiger partial charge in [0.25, 0.3) is 0 Å². The molecule has 0 bridgehead atoms. The molecule has 2 N–H and O–H groups in total. The van der Waals surface area contributed by atoms with E-state index in [-0.39, 0.29) is 11.1 Å². The Bertz CT molecular complexity index is 459. The summed E-state index contributed by atoms with van der Waals surface area (Å²) in [5, 5.41) is 16.7. The minimum atomic E-state index is -0.926. The van der Waals surface area contributed by atoms with Crippen LogP contribution in [0.3, 0.4) is 0 Å². The number of hydrogen-bond acceptors (Lipinski definition) is 3. The first-order chi connectivity index (χ1) is 7.83. The Labute approximate surface area is 101 Å². The Morgan fingerprint density at radius 2 is 2.12 bits per heavy atom. The maximum Gasteiger partial charge on any atom is 0.341 e. The van der Waals surface area contributed by atoms with Gasteiger partial charge in [-0.15, -0.1) is 0 Å². The number of aromatic nitrogens is 2. The molecule has 17 heavy (non-hydrogen) atoms. The number of carboxylic acids is 1. The maximum absolute atomic E-state index is 11.2. The van der Waals surface area contributed by atoms with Crippen molar-refractivity contribution in [3.8, 4) is 0 Å². The lowest BCUT2D eigenvalue weighted by Gasteiger charge is -2.27. The van der Waals surface area contributed by atoms with E-state index < -0.39 is 5.97 Å². The Morgan fingerprint density at radius 3 is 2.59 bits per heavy atom. The van der Waals surface area contributed by atoms with Crippen LogP contribution < -0.4 is 5.32 Å². The predicted octanol–water partition coefficient (Wildman–Crippen LogP) is 2.03. The van der Waals surface area contributed by atoms with Crippen LogP contribution in [0.4, 0.5) is 5.82 Å². The second kappa shape index (κ2) is 3.75. The summed E-state index contributed by atoms with van der Waals surface area (Å²) >= 11 is 0. The summed E-state index contributed by atoms with van der Waals surface area (Å²) in [6.07, 6.45) is 2.42. The minimum absolute atomic E-state index is 0.0789. The van der Waals surface area contributed by atoms with Crippen molar-refractivity contribution in [3.05, 3.63) is 11.3 Å². The van der Waals surface area contributed by atoms with Crippen LogP contribution in [0.25, 0.3) is 0 Å². The molecule has 1 heterocycles. The number of anilines is 1. The van der Waals surface area contributed by atoms with Crippen molar-refractivity contribution in [2.75, 3.05) is 5.32 Å². The summed E-state index contributed by atoms with van der Waals surface area (Å²) in [6, 6.07) is 0. The summed E-state index contributed by atoms with van der Waals surface area (Å²) in [6.45, 7) is 5.94. The van der Waals surface area contributed by atoms with E-state index in [0.29, 0.717) is 17.4 Å². The van der Waals surface area contributed by atoms with Gasteiger partial charge in [-0.25, -0.2) is 4.79 Å². The Balaban J connectivity index is 2.34. The monoisotopic (exact) mass is 237 g/mol. The second-order valence-electron chi connectivity index (χ2n) is 5.36. The highest BCUT2D eigenvalue weighted by Crippen LogP contribution is 2.41. The molecule has 0 saturated heterocycles. The molecule has 0 spiro atoms. The van der Waals surface area contributed by atoms with Gasteiger partial charge in [-0.1, -0.05) is 0 Å². The van der Waals surface area contributed by atoms with E-state index in [9.17, 15) is 9.90 Å². The van der Waals surface area contributed by atoms with E-state index in [2.05, 4.69) is 24.3 Å². The minimum Gasteiger partial charge on any atom is -0.477 e. The molecule has 0 amide bonds. The Hall–Kier alpha value is -1.52. The van der Waals surface area contributed by atoms with E-state index in [1.54, 1.807) is 18.7 Å². The van der Waals surface area contributed by atoms with Crippen LogP contribution in [0.5, 0.6) is 0 Å². The number of nitrogens with one attached hydrogen (secondary N) is 1. The van der Waals surface area contributed by atoms with Gasteiger partial charge in [-0.3, -0.25) is 4.68 Å². The van der Waals surface area contributed by atoms with Crippen molar-refractivity contribution in [1.82, 2.24) is 9.78 Å². The molecule has 5 nitrogen and oxygen atoms in total. The lowest BCUT2D eigenvalue weighted by atomic mass is 9.98. The van der Waals surface area contributed by atoms with Gasteiger partial charge in [0.05, 0.1) is 5.69 Å². The van der Waals surface area contributed by atoms with Crippen LogP contribution >= 0.6 is 0 Å². The molecule has 1 aliphatic carbocycles. The number of carbonyl (C=O) groups is 1. The number of hydrogen-bond donors (Lipinski definition) is 2. The van der Waals surface area contributed by atoms with Gasteiger partial charge in [0.15, 0.2) is 0 Å². The van der Waals surface area contributed by atoms with Crippen LogP contribution in [0.2, 0.25) is 0 Å². The zero-order valence-electron chi connectivity index (χ0n) is 10.7. The first-order valence-corrected chi connectivity index (χ1v) is 5.88. The smallest absolute Gasteiger partial charge is 0.341 e. The fourth-order valence-corrected chi connectivity index (χ4v) is 2.27. The molecule has 1 fully saturated rings. The van der Waals surface area contributed by atoms with E-state index in [0.717, 1.165) is 0 Å². The largest absolute Gasteiger partial charge is 0.477 e. The molecular formula is C12H19N3O2. The van der Waals surface area contributed by atoms with E-state index in [4.69, 9.17) is 0 Å². The molecule has 0 aliphatic heterocycles. The van der Waals surface area contributed by atoms with Gasteiger partial charge in [-0.05, 0) is 39.5 Å². The van der Waals surface area contributed by atoms with Crippen molar-refractivity contribution >= 4 is 11.8 Å². The zero-order valence-corrected chi connectivity index (χ0v) is 10.7. The summed E-state index contributed by atoms with van der Waals surface area (Å²) in [4.78, 5) is 11.2. The van der Waals surface area contributed by atoms with Crippen LogP contribution in [-0.4, -0.2) is 26.4 Å². The number of nitrogens with zero attached hydrogens (tertiary/aromatic N) is 2. The maximum atomic E-state index is 11.2. The molecule has 1 aromatic rings. The third kappa shape index (κ3) is 2.14. The number of carboxylic acid groups (broad SMARTS) is 1. The molecule has 94 valence electrons. The van der Waals surface area contributed by atoms with Crippen LogP contribution in [-0.2, 0) is 7.05 Å². The number of aryl methyl sites for hydroxylation is 2. The average Bonchev–Trinajstić information content (AvgIpc) is 2.95. The van der Waals surface area contributed by atoms with Gasteiger partial charge < -0.3 is 10.4 Å². The van der Waals surface area contributed by atoms with Crippen molar-refractivity contribution in [2.24, 2.45) is 13.0 Å². The van der Waals surface area contributed by atoms with Gasteiger partial charge in [-0.2, -0.15) is 5.10 Å². The molecule has 2 rings (SSSR count). The highest BCUT2D eigenvalue weighted by Gasteiger charge is 2.39. The highest BCUT2D eigenvalue weighted by atomic mass is 16.4. The van der Waals surface area contributed by atoms with Crippen molar-refractivity contribution < 1.29 is 9.90 Å². The average molecular weight is 237 g/mol. The molecule has 1 aliphatic rings. The second-order valence-corrected chi connectivity index (χ2v) is 5.36. The summed E-state index contributed by atoms with van der Waals surface area (Å²) in [5.74, 6) is 0.302. The third-order valence-electron chi connectivity index (χ3n) is 3.47. The lowest BCUT2D eigenvalue weighted by molar-refractivity contribution is 0.0697. The zero-order chi connectivity index (χ0) is 12.8. The lowest BCUT2D eigenvalue weighted by Crippen LogP contribution is -2.34. The van der Waals surface area contributed by atoms with Crippen LogP contribution in [0.15, 0.2) is 0 Å². The van der Waals surface area contributed by atoms with Crippen molar-refractivity contribution in [3.63, 3.8) is 0 Å². The van der Waals surface area contributed by atoms with E-state index >= 15 is 0 Å². The topological polar surface area (TPSA) is 67.2 Å². The first kappa shape index (κ1) is 12.0. The Morgan fingerprint density at radius 1 is 1.53 bits per heavy atom. The van der Waals surface area contributed by atoms with E-state index in [1.807, 2.05) is 0 Å². The molecule has 0 unspecified atom stereocenters. The number of rotatable bonds is 4. The number of aromatic carboxylic acids is 1. The van der Waals surface area contributed by atoms with Gasteiger partial charge in [0, 0.05) is 12.6 Å². The SMILES string of the molecule is Cc1nn(C)c(NC(C)(C)C2CC2)c1C(=O)O. The van der Waals surface area contributed by atoms with Crippen molar-refractivity contribution in [1.29, 1.82) is 0 Å². The summed E-state index contributed by atoms with van der Waals surface area (Å²) in [5.41, 5.74) is 0.750. The molecular weight excluding hydrogens is 218 g/mol.